The smallest absolute Gasteiger partial charge is 0.0450 e. The molecule has 0 amide bonds. The van der Waals surface area contributed by atoms with Gasteiger partial charge in [-0.1, -0.05) is 30.3 Å². The fourth-order valence-electron chi connectivity index (χ4n) is 3.50. The van der Waals surface area contributed by atoms with Crippen LogP contribution in [0.3, 0.4) is 0 Å². The first kappa shape index (κ1) is 12.2. The molecule has 0 bridgehead atoms. The zero-order valence-corrected chi connectivity index (χ0v) is 11.5. The largest absolute Gasteiger partial charge is 0.307 e. The monoisotopic (exact) mass is 244 g/mol. The van der Waals surface area contributed by atoms with Gasteiger partial charge in [-0.3, -0.25) is 4.90 Å². The van der Waals surface area contributed by atoms with E-state index in [0.29, 0.717) is 17.6 Å². The topological polar surface area (TPSA) is 15.3 Å². The Morgan fingerprint density at radius 1 is 1.22 bits per heavy atom. The minimum absolute atomic E-state index is 0.467. The van der Waals surface area contributed by atoms with E-state index in [-0.39, 0.29) is 0 Å². The molecule has 1 aliphatic heterocycles. The highest BCUT2D eigenvalue weighted by molar-refractivity contribution is 5.20. The normalized spacial score (nSPS) is 31.9. The minimum Gasteiger partial charge on any atom is -0.307 e. The lowest BCUT2D eigenvalue weighted by molar-refractivity contribution is -0.0228. The van der Waals surface area contributed by atoms with Gasteiger partial charge < -0.3 is 5.32 Å². The van der Waals surface area contributed by atoms with E-state index in [1.165, 1.54) is 24.8 Å². The maximum atomic E-state index is 3.69. The molecule has 2 atom stereocenters. The van der Waals surface area contributed by atoms with Gasteiger partial charge in [0.2, 0.25) is 0 Å². The molecule has 1 aromatic carbocycles. The van der Waals surface area contributed by atoms with Gasteiger partial charge in [-0.05, 0) is 38.7 Å². The zero-order chi connectivity index (χ0) is 12.6. The second-order valence-electron chi connectivity index (χ2n) is 6.22. The van der Waals surface area contributed by atoms with Crippen molar-refractivity contribution < 1.29 is 0 Å². The van der Waals surface area contributed by atoms with Crippen molar-refractivity contribution in [1.29, 1.82) is 0 Å². The van der Waals surface area contributed by atoms with Crippen LogP contribution in [-0.4, -0.2) is 29.6 Å². The molecule has 2 nitrogen and oxygen atoms in total. The van der Waals surface area contributed by atoms with E-state index in [9.17, 15) is 0 Å². The summed E-state index contributed by atoms with van der Waals surface area (Å²) in [5, 5.41) is 3.69. The Morgan fingerprint density at radius 2 is 1.94 bits per heavy atom. The number of hydrogen-bond donors (Lipinski definition) is 1. The molecule has 1 saturated carbocycles. The van der Waals surface area contributed by atoms with Gasteiger partial charge in [0.1, 0.15) is 0 Å². The molecule has 1 saturated heterocycles. The Hall–Kier alpha value is -0.860. The highest BCUT2D eigenvalue weighted by Crippen LogP contribution is 2.40. The van der Waals surface area contributed by atoms with Crippen molar-refractivity contribution in [1.82, 2.24) is 10.2 Å². The molecule has 1 N–H and O–H groups in total. The molecule has 2 fully saturated rings. The third kappa shape index (κ3) is 2.08. The predicted octanol–water partition coefficient (Wildman–Crippen LogP) is 2.96. The van der Waals surface area contributed by atoms with E-state index in [0.717, 1.165) is 13.1 Å². The summed E-state index contributed by atoms with van der Waals surface area (Å²) in [6.45, 7) is 7.06. The van der Waals surface area contributed by atoms with Crippen LogP contribution >= 0.6 is 0 Å². The van der Waals surface area contributed by atoms with Crippen LogP contribution in [0.4, 0.5) is 0 Å². The molecule has 0 spiro atoms. The van der Waals surface area contributed by atoms with Crippen molar-refractivity contribution in [2.75, 3.05) is 13.1 Å². The van der Waals surface area contributed by atoms with Crippen molar-refractivity contribution in [3.63, 3.8) is 0 Å². The average molecular weight is 244 g/mol. The van der Waals surface area contributed by atoms with Gasteiger partial charge in [-0.25, -0.2) is 0 Å². The molecule has 0 radical (unpaired) electrons. The van der Waals surface area contributed by atoms with Crippen LogP contribution < -0.4 is 5.32 Å². The van der Waals surface area contributed by atoms with E-state index in [1.807, 2.05) is 0 Å². The van der Waals surface area contributed by atoms with Gasteiger partial charge in [0, 0.05) is 30.7 Å². The maximum Gasteiger partial charge on any atom is 0.0450 e. The predicted molar refractivity (Wildman–Crippen MR) is 75.6 cm³/mol. The lowest BCUT2D eigenvalue weighted by Gasteiger charge is -2.54. The summed E-state index contributed by atoms with van der Waals surface area (Å²) >= 11 is 0. The second kappa shape index (κ2) is 4.67. The van der Waals surface area contributed by atoms with Crippen molar-refractivity contribution in [2.24, 2.45) is 0 Å². The average Bonchev–Trinajstić information content (AvgIpc) is 2.38. The van der Waals surface area contributed by atoms with Crippen molar-refractivity contribution >= 4 is 0 Å². The summed E-state index contributed by atoms with van der Waals surface area (Å²) in [4.78, 5) is 2.74. The van der Waals surface area contributed by atoms with Crippen LogP contribution in [-0.2, 0) is 0 Å². The number of nitrogens with zero attached hydrogens (tertiary/aromatic N) is 1. The number of piperazine rings is 1. The minimum atomic E-state index is 0.467. The van der Waals surface area contributed by atoms with E-state index < -0.39 is 0 Å². The van der Waals surface area contributed by atoms with Crippen LogP contribution in [0.25, 0.3) is 0 Å². The van der Waals surface area contributed by atoms with E-state index >= 15 is 0 Å². The third-order valence-corrected chi connectivity index (χ3v) is 4.90. The number of nitrogens with one attached hydrogen (secondary N) is 1. The summed E-state index contributed by atoms with van der Waals surface area (Å²) in [6.07, 6.45) is 4.15. The summed E-state index contributed by atoms with van der Waals surface area (Å²) < 4.78 is 0. The van der Waals surface area contributed by atoms with E-state index in [4.69, 9.17) is 0 Å². The van der Waals surface area contributed by atoms with Gasteiger partial charge in [-0.2, -0.15) is 0 Å². The van der Waals surface area contributed by atoms with Crippen LogP contribution in [0, 0.1) is 0 Å². The Balaban J connectivity index is 1.76. The van der Waals surface area contributed by atoms with E-state index in [1.54, 1.807) is 0 Å². The molecule has 2 unspecified atom stereocenters. The molecule has 0 aromatic heterocycles. The van der Waals surface area contributed by atoms with Crippen molar-refractivity contribution in [2.45, 2.75) is 50.7 Å². The standard InChI is InChI=1S/C16H24N2/c1-13-11-17-15(14-7-4-3-5-8-14)12-18(13)16(2)9-6-10-16/h3-5,7-8,13,15,17H,6,9-12H2,1-2H3. The van der Waals surface area contributed by atoms with Crippen molar-refractivity contribution in [3.05, 3.63) is 35.9 Å². The summed E-state index contributed by atoms with van der Waals surface area (Å²) in [5.41, 5.74) is 1.89. The third-order valence-electron chi connectivity index (χ3n) is 4.90. The molecule has 1 aromatic rings. The Kier molecular flexibility index (Phi) is 3.16. The Bertz CT molecular complexity index is 397. The molecule has 18 heavy (non-hydrogen) atoms. The molecular weight excluding hydrogens is 220 g/mol. The van der Waals surface area contributed by atoms with Crippen LogP contribution in [0.15, 0.2) is 30.3 Å². The molecule has 2 heteroatoms. The summed E-state index contributed by atoms with van der Waals surface area (Å²) in [5.74, 6) is 0. The summed E-state index contributed by atoms with van der Waals surface area (Å²) in [7, 11) is 0. The van der Waals surface area contributed by atoms with Gasteiger partial charge >= 0.3 is 0 Å². The lowest BCUT2D eigenvalue weighted by Crippen LogP contribution is -2.62. The zero-order valence-electron chi connectivity index (χ0n) is 11.5. The van der Waals surface area contributed by atoms with Gasteiger partial charge in [-0.15, -0.1) is 0 Å². The first-order valence-corrected chi connectivity index (χ1v) is 7.24. The maximum absolute atomic E-state index is 3.69. The highest BCUT2D eigenvalue weighted by atomic mass is 15.3. The van der Waals surface area contributed by atoms with Crippen LogP contribution in [0.2, 0.25) is 0 Å². The molecule has 2 aliphatic rings. The SMILES string of the molecule is CC1CNC(c2ccccc2)CN1C1(C)CCC1. The quantitative estimate of drug-likeness (QED) is 0.860. The van der Waals surface area contributed by atoms with Crippen LogP contribution in [0.1, 0.15) is 44.7 Å². The fraction of sp³-hybridized carbons (Fsp3) is 0.625. The molecule has 98 valence electrons. The first-order chi connectivity index (χ1) is 8.69. The molecule has 1 aliphatic carbocycles. The molecule has 3 rings (SSSR count). The second-order valence-corrected chi connectivity index (χ2v) is 6.22. The fourth-order valence-corrected chi connectivity index (χ4v) is 3.50. The molecular formula is C16H24N2. The Morgan fingerprint density at radius 3 is 2.56 bits per heavy atom. The van der Waals surface area contributed by atoms with Crippen molar-refractivity contribution in [3.8, 4) is 0 Å². The Labute approximate surface area is 110 Å². The summed E-state index contributed by atoms with van der Waals surface area (Å²) in [6, 6.07) is 12.0. The number of hydrogen-bond acceptors (Lipinski definition) is 2. The first-order valence-electron chi connectivity index (χ1n) is 7.24. The number of rotatable bonds is 2. The lowest BCUT2D eigenvalue weighted by atomic mass is 9.75. The number of benzene rings is 1. The van der Waals surface area contributed by atoms with Gasteiger partial charge in [0.05, 0.1) is 0 Å². The molecule has 1 heterocycles. The van der Waals surface area contributed by atoms with Crippen LogP contribution in [0.5, 0.6) is 0 Å². The van der Waals surface area contributed by atoms with Gasteiger partial charge in [0.15, 0.2) is 0 Å². The highest BCUT2D eigenvalue weighted by Gasteiger charge is 2.42. The van der Waals surface area contributed by atoms with Gasteiger partial charge in [0.25, 0.3) is 0 Å². The van der Waals surface area contributed by atoms with E-state index in [2.05, 4.69) is 54.4 Å².